The van der Waals surface area contributed by atoms with E-state index < -0.39 is 0 Å². The molecule has 0 spiro atoms. The summed E-state index contributed by atoms with van der Waals surface area (Å²) in [6.45, 7) is 5.81. The van der Waals surface area contributed by atoms with Gasteiger partial charge in [-0.25, -0.2) is 0 Å². The maximum atomic E-state index is 9.73. The minimum absolute atomic E-state index is 0.232. The van der Waals surface area contributed by atoms with Gasteiger partial charge >= 0.3 is 0 Å². The van der Waals surface area contributed by atoms with Crippen molar-refractivity contribution in [2.24, 2.45) is 0 Å². The van der Waals surface area contributed by atoms with Crippen LogP contribution < -0.4 is 4.90 Å². The van der Waals surface area contributed by atoms with Crippen molar-refractivity contribution in [2.45, 2.75) is 13.8 Å². The molecule has 0 amide bonds. The largest absolute Gasteiger partial charge is 0.508 e. The van der Waals surface area contributed by atoms with Crippen molar-refractivity contribution in [1.82, 2.24) is 4.57 Å². The quantitative estimate of drug-likeness (QED) is 0.791. The van der Waals surface area contributed by atoms with Gasteiger partial charge in [-0.15, -0.1) is 0 Å². The Morgan fingerprint density at radius 2 is 1.70 bits per heavy atom. The van der Waals surface area contributed by atoms with Gasteiger partial charge in [-0.05, 0) is 44.2 Å². The summed E-state index contributed by atoms with van der Waals surface area (Å²) in [4.78, 5) is 2.19. The highest BCUT2D eigenvalue weighted by Crippen LogP contribution is 2.35. The number of hydrogen-bond acceptors (Lipinski definition) is 3. The number of hydrogen-bond donors (Lipinski definition) is 1. The number of aromatic hydroxyl groups is 1. The van der Waals surface area contributed by atoms with E-state index >= 15 is 0 Å². The molecule has 0 fully saturated rings. The molecule has 116 valence electrons. The second-order valence-electron chi connectivity index (χ2n) is 5.35. The molecule has 1 N–H and O–H groups in total. The van der Waals surface area contributed by atoms with E-state index in [4.69, 9.17) is 0 Å². The van der Waals surface area contributed by atoms with Gasteiger partial charge in [0.25, 0.3) is 0 Å². The van der Waals surface area contributed by atoms with Crippen LogP contribution in [0.5, 0.6) is 5.75 Å². The minimum Gasteiger partial charge on any atom is -0.508 e. The van der Waals surface area contributed by atoms with Crippen molar-refractivity contribution in [3.63, 3.8) is 0 Å². The van der Waals surface area contributed by atoms with E-state index in [1.807, 2.05) is 36.4 Å². The zero-order chi connectivity index (χ0) is 16.4. The maximum absolute atomic E-state index is 9.73. The Balaban J connectivity index is 2.40. The molecule has 4 nitrogen and oxygen atoms in total. The van der Waals surface area contributed by atoms with E-state index in [1.54, 1.807) is 12.1 Å². The van der Waals surface area contributed by atoms with Crippen LogP contribution in [0.1, 0.15) is 19.4 Å². The Morgan fingerprint density at radius 3 is 2.30 bits per heavy atom. The third-order valence-corrected chi connectivity index (χ3v) is 4.13. The number of nitrogens with zero attached hydrogens (tertiary/aromatic N) is 3. The average molecular weight is 305 g/mol. The van der Waals surface area contributed by atoms with Gasteiger partial charge in [0, 0.05) is 24.2 Å². The maximum Gasteiger partial charge on any atom is 0.132 e. The third-order valence-electron chi connectivity index (χ3n) is 4.13. The lowest BCUT2D eigenvalue weighted by molar-refractivity contribution is 0.475. The minimum atomic E-state index is 0.232. The van der Waals surface area contributed by atoms with Crippen molar-refractivity contribution in [3.05, 3.63) is 54.1 Å². The second kappa shape index (κ2) is 6.05. The fourth-order valence-corrected chi connectivity index (χ4v) is 3.02. The van der Waals surface area contributed by atoms with E-state index in [9.17, 15) is 10.4 Å². The van der Waals surface area contributed by atoms with Crippen LogP contribution in [-0.4, -0.2) is 22.8 Å². The van der Waals surface area contributed by atoms with E-state index in [0.29, 0.717) is 5.56 Å². The van der Waals surface area contributed by atoms with E-state index in [-0.39, 0.29) is 5.75 Å². The molecule has 3 aromatic rings. The Morgan fingerprint density at radius 1 is 1.04 bits per heavy atom. The van der Waals surface area contributed by atoms with Gasteiger partial charge in [-0.2, -0.15) is 5.26 Å². The molecule has 0 unspecified atom stereocenters. The highest BCUT2D eigenvalue weighted by Gasteiger charge is 2.21. The number of benzene rings is 2. The van der Waals surface area contributed by atoms with Gasteiger partial charge < -0.3 is 10.0 Å². The fourth-order valence-electron chi connectivity index (χ4n) is 3.02. The summed E-state index contributed by atoms with van der Waals surface area (Å²) < 4.78 is 2.10. The standard InChI is InChI=1S/C19H19N3O/c1-3-21(4-2)19-17(13-20)16-7-5-6-8-18(16)22(19)14-9-11-15(23)12-10-14/h5-12,23H,3-4H2,1-2H3. The number of aromatic nitrogens is 1. The van der Waals surface area contributed by atoms with E-state index in [1.165, 1.54) is 0 Å². The predicted octanol–water partition coefficient (Wildman–Crippen LogP) is 4.05. The van der Waals surface area contributed by atoms with Crippen LogP contribution in [0.2, 0.25) is 0 Å². The van der Waals surface area contributed by atoms with E-state index in [2.05, 4.69) is 29.4 Å². The summed E-state index contributed by atoms with van der Waals surface area (Å²) in [6, 6.07) is 17.4. The van der Waals surface area contributed by atoms with Crippen molar-refractivity contribution >= 4 is 16.7 Å². The van der Waals surface area contributed by atoms with Crippen LogP contribution in [0.4, 0.5) is 5.82 Å². The van der Waals surface area contributed by atoms with Gasteiger partial charge in [0.05, 0.1) is 5.52 Å². The molecule has 23 heavy (non-hydrogen) atoms. The molecule has 0 aliphatic heterocycles. The number of rotatable bonds is 4. The smallest absolute Gasteiger partial charge is 0.132 e. The van der Waals surface area contributed by atoms with Crippen molar-refractivity contribution in [1.29, 1.82) is 5.26 Å². The molecule has 0 saturated heterocycles. The summed E-state index contributed by atoms with van der Waals surface area (Å²) in [6.07, 6.45) is 0. The van der Waals surface area contributed by atoms with Crippen LogP contribution in [0, 0.1) is 11.3 Å². The topological polar surface area (TPSA) is 52.2 Å². The normalized spacial score (nSPS) is 10.7. The Hall–Kier alpha value is -2.93. The van der Waals surface area contributed by atoms with Crippen LogP contribution in [-0.2, 0) is 0 Å². The first-order chi connectivity index (χ1) is 11.2. The number of anilines is 1. The SMILES string of the molecule is CCN(CC)c1c(C#N)c2ccccc2n1-c1ccc(O)cc1. The highest BCUT2D eigenvalue weighted by atomic mass is 16.3. The number of phenolic OH excluding ortho intramolecular Hbond substituents is 1. The van der Waals surface area contributed by atoms with Crippen molar-refractivity contribution < 1.29 is 5.11 Å². The molecule has 2 aromatic carbocycles. The highest BCUT2D eigenvalue weighted by molar-refractivity contribution is 5.94. The van der Waals surface area contributed by atoms with E-state index in [0.717, 1.165) is 35.5 Å². The molecule has 0 aliphatic rings. The fraction of sp³-hybridized carbons (Fsp3) is 0.211. The average Bonchev–Trinajstić information content (AvgIpc) is 2.91. The second-order valence-corrected chi connectivity index (χ2v) is 5.35. The number of para-hydroxylation sites is 1. The summed E-state index contributed by atoms with van der Waals surface area (Å²) in [5, 5.41) is 20.2. The molecule has 0 aliphatic carbocycles. The molecule has 0 atom stereocenters. The van der Waals surface area contributed by atoms with Crippen LogP contribution >= 0.6 is 0 Å². The zero-order valence-electron chi connectivity index (χ0n) is 13.3. The monoisotopic (exact) mass is 305 g/mol. The lowest BCUT2D eigenvalue weighted by Gasteiger charge is -2.24. The Bertz CT molecular complexity index is 868. The van der Waals surface area contributed by atoms with Crippen molar-refractivity contribution in [3.8, 4) is 17.5 Å². The van der Waals surface area contributed by atoms with Gasteiger partial charge in [0.1, 0.15) is 23.2 Å². The van der Waals surface area contributed by atoms with Crippen LogP contribution in [0.15, 0.2) is 48.5 Å². The molecular weight excluding hydrogens is 286 g/mol. The van der Waals surface area contributed by atoms with Crippen molar-refractivity contribution in [2.75, 3.05) is 18.0 Å². The molecule has 1 heterocycles. The molecule has 0 bridgehead atoms. The summed E-state index contributed by atoms with van der Waals surface area (Å²) >= 11 is 0. The molecular formula is C19H19N3O. The van der Waals surface area contributed by atoms with Gasteiger partial charge in [0.2, 0.25) is 0 Å². The molecule has 0 radical (unpaired) electrons. The lowest BCUT2D eigenvalue weighted by Crippen LogP contribution is -2.25. The summed E-state index contributed by atoms with van der Waals surface area (Å²) in [5.74, 6) is 1.14. The number of fused-ring (bicyclic) bond motifs is 1. The number of nitriles is 1. The lowest BCUT2D eigenvalue weighted by atomic mass is 10.2. The van der Waals surface area contributed by atoms with Crippen LogP contribution in [0.25, 0.3) is 16.6 Å². The Labute approximate surface area is 135 Å². The third kappa shape index (κ3) is 2.40. The van der Waals surface area contributed by atoms with Gasteiger partial charge in [0.15, 0.2) is 0 Å². The predicted molar refractivity (Wildman–Crippen MR) is 93.2 cm³/mol. The molecule has 4 heteroatoms. The molecule has 3 rings (SSSR count). The molecule has 0 saturated carbocycles. The summed E-state index contributed by atoms with van der Waals surface area (Å²) in [7, 11) is 0. The summed E-state index contributed by atoms with van der Waals surface area (Å²) in [5.41, 5.74) is 2.62. The first-order valence-electron chi connectivity index (χ1n) is 7.79. The first-order valence-corrected chi connectivity index (χ1v) is 7.79. The first kappa shape index (κ1) is 15.0. The molecule has 1 aromatic heterocycles. The number of phenols is 1. The zero-order valence-corrected chi connectivity index (χ0v) is 13.3. The Kier molecular flexibility index (Phi) is 3.94. The van der Waals surface area contributed by atoms with Gasteiger partial charge in [-0.3, -0.25) is 4.57 Å². The van der Waals surface area contributed by atoms with Gasteiger partial charge in [-0.1, -0.05) is 18.2 Å². The van der Waals surface area contributed by atoms with Crippen LogP contribution in [0.3, 0.4) is 0 Å².